The lowest BCUT2D eigenvalue weighted by molar-refractivity contribution is -0.127. The number of benzene rings is 2. The summed E-state index contributed by atoms with van der Waals surface area (Å²) in [5, 5.41) is 4.20. The minimum absolute atomic E-state index is 0.0862. The van der Waals surface area contributed by atoms with E-state index in [4.69, 9.17) is 9.15 Å². The van der Waals surface area contributed by atoms with Crippen LogP contribution >= 0.6 is 0 Å². The monoisotopic (exact) mass is 499 g/mol. The number of fused-ring (bicyclic) bond motifs is 1. The maximum Gasteiger partial charge on any atom is 0.251 e. The molecule has 0 unspecified atom stereocenters. The Bertz CT molecular complexity index is 1380. The Morgan fingerprint density at radius 2 is 1.81 bits per heavy atom. The van der Waals surface area contributed by atoms with Crippen LogP contribution < -0.4 is 15.0 Å². The number of carbonyl (C=O) groups is 2. The first kappa shape index (κ1) is 24.7. The van der Waals surface area contributed by atoms with E-state index in [0.717, 1.165) is 42.1 Å². The zero-order chi connectivity index (χ0) is 25.8. The number of H-pyrrole nitrogens is 1. The molecular weight excluding hydrogens is 466 g/mol. The number of amides is 2. The number of aromatic amines is 1. The molecule has 2 amide bonds. The molecule has 1 saturated carbocycles. The Hall–Kier alpha value is -4.00. The number of nitrogens with one attached hydrogen (secondary N) is 2. The summed E-state index contributed by atoms with van der Waals surface area (Å²) in [7, 11) is 1.56. The molecule has 2 heterocycles. The van der Waals surface area contributed by atoms with Gasteiger partial charge in [0.2, 0.25) is 5.91 Å². The minimum atomic E-state index is -0.982. The number of anilines is 1. The van der Waals surface area contributed by atoms with E-state index >= 15 is 0 Å². The van der Waals surface area contributed by atoms with Crippen molar-refractivity contribution in [1.29, 1.82) is 0 Å². The Labute approximate surface area is 216 Å². The number of carbonyl (C=O) groups excluding carboxylic acids is 2. The molecule has 7 nitrogen and oxygen atoms in total. The lowest BCUT2D eigenvalue weighted by Crippen LogP contribution is -2.47. The van der Waals surface area contributed by atoms with Crippen LogP contribution in [0.4, 0.5) is 5.69 Å². The average Bonchev–Trinajstić information content (AvgIpc) is 3.53. The van der Waals surface area contributed by atoms with Crippen molar-refractivity contribution in [3.8, 4) is 5.75 Å². The summed E-state index contributed by atoms with van der Waals surface area (Å²) in [6.07, 6.45) is 7.20. The van der Waals surface area contributed by atoms with Crippen LogP contribution in [0.1, 0.15) is 55.2 Å². The highest BCUT2D eigenvalue weighted by molar-refractivity contribution is 6.04. The predicted octanol–water partition coefficient (Wildman–Crippen LogP) is 5.84. The summed E-state index contributed by atoms with van der Waals surface area (Å²) < 4.78 is 11.6. The number of para-hydroxylation sites is 3. The van der Waals surface area contributed by atoms with Gasteiger partial charge in [-0.1, -0.05) is 49.6 Å². The zero-order valence-corrected chi connectivity index (χ0v) is 21.3. The Morgan fingerprint density at radius 3 is 2.57 bits per heavy atom. The van der Waals surface area contributed by atoms with Crippen LogP contribution in [0, 0.1) is 6.92 Å². The lowest BCUT2D eigenvalue weighted by atomic mass is 9.95. The number of methoxy groups -OCH3 is 1. The first-order valence-corrected chi connectivity index (χ1v) is 12.9. The fourth-order valence-electron chi connectivity index (χ4n) is 5.27. The van der Waals surface area contributed by atoms with Crippen LogP contribution in [0.2, 0.25) is 0 Å². The van der Waals surface area contributed by atoms with Crippen molar-refractivity contribution in [2.24, 2.45) is 0 Å². The maximum atomic E-state index is 14.2. The largest absolute Gasteiger partial charge is 0.495 e. The van der Waals surface area contributed by atoms with Crippen molar-refractivity contribution in [2.75, 3.05) is 12.0 Å². The van der Waals surface area contributed by atoms with Crippen molar-refractivity contribution in [2.45, 2.75) is 57.5 Å². The Balaban J connectivity index is 1.57. The van der Waals surface area contributed by atoms with Gasteiger partial charge in [0.1, 0.15) is 17.3 Å². The molecule has 0 bridgehead atoms. The molecule has 1 atom stereocenters. The van der Waals surface area contributed by atoms with Gasteiger partial charge in [0.05, 0.1) is 19.2 Å². The average molecular weight is 500 g/mol. The third-order valence-electron chi connectivity index (χ3n) is 7.12. The van der Waals surface area contributed by atoms with E-state index in [2.05, 4.69) is 10.3 Å². The molecule has 1 aliphatic rings. The van der Waals surface area contributed by atoms with Gasteiger partial charge < -0.3 is 19.5 Å². The fraction of sp³-hybridized carbons (Fsp3) is 0.333. The molecule has 2 aromatic carbocycles. The number of furan rings is 1. The molecule has 1 fully saturated rings. The summed E-state index contributed by atoms with van der Waals surface area (Å²) in [5.41, 5.74) is 2.35. The second kappa shape index (κ2) is 10.9. The molecule has 0 spiro atoms. The second-order valence-corrected chi connectivity index (χ2v) is 9.67. The van der Waals surface area contributed by atoms with E-state index in [0.29, 0.717) is 23.0 Å². The fourth-order valence-corrected chi connectivity index (χ4v) is 5.27. The molecule has 37 heavy (non-hydrogen) atoms. The third-order valence-corrected chi connectivity index (χ3v) is 7.12. The third kappa shape index (κ3) is 5.26. The van der Waals surface area contributed by atoms with Crippen LogP contribution in [0.25, 0.3) is 10.9 Å². The summed E-state index contributed by atoms with van der Waals surface area (Å²) in [5.74, 6) is 1.12. The second-order valence-electron chi connectivity index (χ2n) is 9.67. The number of aromatic nitrogens is 1. The molecule has 4 aromatic rings. The van der Waals surface area contributed by atoms with Crippen LogP contribution in [-0.4, -0.2) is 29.9 Å². The van der Waals surface area contributed by atoms with Gasteiger partial charge >= 0.3 is 0 Å². The molecular formula is C30H33N3O4. The predicted molar refractivity (Wildman–Crippen MR) is 144 cm³/mol. The number of nitrogens with zero attached hydrogens (tertiary/aromatic N) is 1. The number of ether oxygens (including phenoxy) is 1. The molecule has 1 aliphatic carbocycles. The van der Waals surface area contributed by atoms with Gasteiger partial charge in [-0.05, 0) is 55.7 Å². The highest BCUT2D eigenvalue weighted by atomic mass is 16.5. The van der Waals surface area contributed by atoms with Gasteiger partial charge in [0.25, 0.3) is 5.91 Å². The van der Waals surface area contributed by atoms with E-state index in [-0.39, 0.29) is 24.3 Å². The van der Waals surface area contributed by atoms with E-state index in [1.807, 2.05) is 61.7 Å². The van der Waals surface area contributed by atoms with Crippen LogP contribution in [0.15, 0.2) is 71.3 Å². The quantitative estimate of drug-likeness (QED) is 0.319. The van der Waals surface area contributed by atoms with E-state index in [1.165, 1.54) is 11.3 Å². The highest BCUT2D eigenvalue weighted by Gasteiger charge is 2.37. The Morgan fingerprint density at radius 1 is 1.05 bits per heavy atom. The van der Waals surface area contributed by atoms with Crippen LogP contribution in [0.5, 0.6) is 5.75 Å². The number of aryl methyl sites for hydroxylation is 1. The van der Waals surface area contributed by atoms with Crippen LogP contribution in [-0.2, 0) is 16.0 Å². The zero-order valence-electron chi connectivity index (χ0n) is 21.3. The summed E-state index contributed by atoms with van der Waals surface area (Å²) in [6, 6.07) is 17.9. The van der Waals surface area contributed by atoms with Crippen molar-refractivity contribution in [3.63, 3.8) is 0 Å². The van der Waals surface area contributed by atoms with Gasteiger partial charge in [-0.25, -0.2) is 0 Å². The van der Waals surface area contributed by atoms with E-state index in [9.17, 15) is 9.59 Å². The van der Waals surface area contributed by atoms with Crippen molar-refractivity contribution in [1.82, 2.24) is 10.3 Å². The maximum absolute atomic E-state index is 14.2. The molecule has 0 saturated heterocycles. The SMILES string of the molecule is COc1ccccc1N(C(=O)Cc1c[nH]c2ccccc12)[C@H](C(=O)NC1CCCCC1)c1ccc(C)o1. The summed E-state index contributed by atoms with van der Waals surface area (Å²) in [4.78, 5) is 32.9. The highest BCUT2D eigenvalue weighted by Crippen LogP contribution is 2.36. The molecule has 192 valence electrons. The minimum Gasteiger partial charge on any atom is -0.495 e. The van der Waals surface area contributed by atoms with Gasteiger partial charge in [-0.2, -0.15) is 0 Å². The molecule has 0 aliphatic heterocycles. The standard InChI is InChI=1S/C30H33N3O4/c1-20-16-17-27(37-20)29(30(35)32-22-10-4-3-5-11-22)33(25-14-8-9-15-26(25)36-2)28(34)18-21-19-31-24-13-7-6-12-23(21)24/h6-9,12-17,19,22,29,31H,3-5,10-11,18H2,1-2H3,(H,32,35)/t29-/m0/s1. The number of rotatable bonds is 8. The van der Waals surface area contributed by atoms with Crippen molar-refractivity contribution < 1.29 is 18.7 Å². The molecule has 2 N–H and O–H groups in total. The van der Waals surface area contributed by atoms with Gasteiger partial charge in [0, 0.05) is 23.1 Å². The topological polar surface area (TPSA) is 87.6 Å². The molecule has 7 heteroatoms. The molecule has 2 aromatic heterocycles. The Kier molecular flexibility index (Phi) is 7.30. The van der Waals surface area contributed by atoms with Gasteiger partial charge in [0.15, 0.2) is 6.04 Å². The van der Waals surface area contributed by atoms with E-state index in [1.54, 1.807) is 19.2 Å². The first-order valence-electron chi connectivity index (χ1n) is 12.9. The van der Waals surface area contributed by atoms with Gasteiger partial charge in [-0.15, -0.1) is 0 Å². The molecule has 0 radical (unpaired) electrons. The summed E-state index contributed by atoms with van der Waals surface area (Å²) >= 11 is 0. The van der Waals surface area contributed by atoms with Gasteiger partial charge in [-0.3, -0.25) is 14.5 Å². The lowest BCUT2D eigenvalue weighted by Gasteiger charge is -2.33. The van der Waals surface area contributed by atoms with Crippen LogP contribution in [0.3, 0.4) is 0 Å². The number of hydrogen-bond acceptors (Lipinski definition) is 4. The van der Waals surface area contributed by atoms with Crippen molar-refractivity contribution >= 4 is 28.4 Å². The number of hydrogen-bond donors (Lipinski definition) is 2. The van der Waals surface area contributed by atoms with E-state index < -0.39 is 6.04 Å². The first-order chi connectivity index (χ1) is 18.0. The van der Waals surface area contributed by atoms with Crippen molar-refractivity contribution in [3.05, 3.63) is 83.9 Å². The normalized spacial score (nSPS) is 14.9. The smallest absolute Gasteiger partial charge is 0.251 e. The molecule has 5 rings (SSSR count). The summed E-state index contributed by atoms with van der Waals surface area (Å²) in [6.45, 7) is 1.83.